The number of benzene rings is 3. The van der Waals surface area contributed by atoms with Gasteiger partial charge in [-0.15, -0.1) is 0 Å². The smallest absolute Gasteiger partial charge is 0.280 e. The van der Waals surface area contributed by atoms with Gasteiger partial charge in [-0.3, -0.25) is 14.9 Å². The molecule has 0 aliphatic rings. The maximum atomic E-state index is 13.6. The predicted octanol–water partition coefficient (Wildman–Crippen LogP) is 5.38. The van der Waals surface area contributed by atoms with Crippen LogP contribution < -0.4 is 15.0 Å². The van der Waals surface area contributed by atoms with Crippen LogP contribution in [0.15, 0.2) is 88.8 Å². The van der Waals surface area contributed by atoms with E-state index in [0.717, 1.165) is 51.3 Å². The van der Waals surface area contributed by atoms with E-state index >= 15 is 0 Å². The third-order valence-electron chi connectivity index (χ3n) is 6.35. The summed E-state index contributed by atoms with van der Waals surface area (Å²) >= 11 is 0. The molecule has 0 aliphatic carbocycles. The highest BCUT2D eigenvalue weighted by Crippen LogP contribution is 2.25. The second kappa shape index (κ2) is 10.00. The van der Waals surface area contributed by atoms with Crippen molar-refractivity contribution in [3.8, 4) is 28.4 Å². The van der Waals surface area contributed by atoms with Crippen LogP contribution in [0, 0.1) is 0 Å². The lowest BCUT2D eigenvalue weighted by atomic mass is 10.1. The molecule has 5 aromatic rings. The van der Waals surface area contributed by atoms with Gasteiger partial charge in [-0.1, -0.05) is 30.3 Å². The number of aromatic amines is 2. The van der Waals surface area contributed by atoms with Crippen LogP contribution in [0.1, 0.15) is 18.1 Å². The van der Waals surface area contributed by atoms with E-state index in [9.17, 15) is 4.79 Å². The quantitative estimate of drug-likeness (QED) is 0.292. The predicted molar refractivity (Wildman–Crippen MR) is 144 cm³/mol. The van der Waals surface area contributed by atoms with Crippen molar-refractivity contribution in [1.82, 2.24) is 14.8 Å². The highest BCUT2D eigenvalue weighted by molar-refractivity contribution is 6.03. The van der Waals surface area contributed by atoms with Crippen molar-refractivity contribution in [2.45, 2.75) is 13.3 Å². The fourth-order valence-electron chi connectivity index (χ4n) is 4.41. The molecule has 7 heteroatoms. The molecule has 5 rings (SSSR count). The van der Waals surface area contributed by atoms with Crippen LogP contribution in [0.3, 0.4) is 0 Å². The average Bonchev–Trinajstić information content (AvgIpc) is 3.49. The normalized spacial score (nSPS) is 11.7. The van der Waals surface area contributed by atoms with Crippen LogP contribution >= 0.6 is 0 Å². The Morgan fingerprint density at radius 2 is 1.67 bits per heavy atom. The minimum Gasteiger partial charge on any atom is -0.497 e. The fraction of sp³-hybridized carbons (Fsp3) is 0.172. The second-order valence-electron chi connectivity index (χ2n) is 8.51. The van der Waals surface area contributed by atoms with Crippen molar-refractivity contribution >= 4 is 16.6 Å². The highest BCUT2D eigenvalue weighted by atomic mass is 16.5. The van der Waals surface area contributed by atoms with Gasteiger partial charge in [0.05, 0.1) is 31.2 Å². The number of fused-ring (bicyclic) bond motifs is 1. The molecule has 3 aromatic carbocycles. The highest BCUT2D eigenvalue weighted by Gasteiger charge is 2.19. The summed E-state index contributed by atoms with van der Waals surface area (Å²) < 4.78 is 12.2. The summed E-state index contributed by atoms with van der Waals surface area (Å²) in [5, 5.41) is 4.43. The molecule has 0 amide bonds. The van der Waals surface area contributed by atoms with Gasteiger partial charge in [-0.2, -0.15) is 0 Å². The van der Waals surface area contributed by atoms with Crippen LogP contribution in [-0.4, -0.2) is 41.2 Å². The molecule has 0 spiro atoms. The van der Waals surface area contributed by atoms with Crippen molar-refractivity contribution in [1.29, 1.82) is 0 Å². The Balaban J connectivity index is 1.49. The Kier molecular flexibility index (Phi) is 6.45. The zero-order valence-electron chi connectivity index (χ0n) is 20.5. The molecule has 0 fully saturated rings. The number of aliphatic imine (C=N–C) groups is 1. The molecule has 0 saturated carbocycles. The maximum Gasteiger partial charge on any atom is 0.280 e. The van der Waals surface area contributed by atoms with Crippen molar-refractivity contribution in [3.63, 3.8) is 0 Å². The molecule has 2 N–H and O–H groups in total. The number of hydrogen-bond donors (Lipinski definition) is 2. The van der Waals surface area contributed by atoms with Gasteiger partial charge in [-0.05, 0) is 61.4 Å². The molecule has 0 bridgehead atoms. The van der Waals surface area contributed by atoms with Crippen LogP contribution in [0.5, 0.6) is 11.5 Å². The summed E-state index contributed by atoms with van der Waals surface area (Å²) in [6.07, 6.45) is 2.75. The van der Waals surface area contributed by atoms with Gasteiger partial charge in [0.25, 0.3) is 5.56 Å². The molecule has 0 radical (unpaired) electrons. The van der Waals surface area contributed by atoms with Gasteiger partial charge < -0.3 is 14.5 Å². The Labute approximate surface area is 209 Å². The number of methoxy groups -OCH3 is 2. The largest absolute Gasteiger partial charge is 0.497 e. The van der Waals surface area contributed by atoms with Crippen molar-refractivity contribution in [3.05, 3.63) is 100 Å². The zero-order chi connectivity index (χ0) is 25.1. The summed E-state index contributed by atoms with van der Waals surface area (Å²) in [6, 6.07) is 23.2. The third-order valence-corrected chi connectivity index (χ3v) is 6.35. The molecule has 36 heavy (non-hydrogen) atoms. The number of hydrogen-bond acceptors (Lipinski definition) is 4. The van der Waals surface area contributed by atoms with Crippen molar-refractivity contribution in [2.75, 3.05) is 20.8 Å². The minimum atomic E-state index is -0.142. The Hall–Kier alpha value is -4.52. The van der Waals surface area contributed by atoms with Crippen LogP contribution in [0.25, 0.3) is 27.8 Å². The zero-order valence-corrected chi connectivity index (χ0v) is 20.5. The van der Waals surface area contributed by atoms with Gasteiger partial charge in [0, 0.05) is 34.9 Å². The molecule has 2 aromatic heterocycles. The number of nitrogens with zero attached hydrogens (tertiary/aromatic N) is 2. The molecule has 182 valence electrons. The average molecular weight is 481 g/mol. The molecular formula is C29H28N4O3. The number of aromatic nitrogens is 3. The van der Waals surface area contributed by atoms with Crippen LogP contribution in [0.2, 0.25) is 0 Å². The van der Waals surface area contributed by atoms with Gasteiger partial charge >= 0.3 is 0 Å². The molecule has 2 heterocycles. The second-order valence-corrected chi connectivity index (χ2v) is 8.51. The first kappa shape index (κ1) is 23.2. The molecular weight excluding hydrogens is 452 g/mol. The fourth-order valence-corrected chi connectivity index (χ4v) is 4.41. The Morgan fingerprint density at radius 3 is 2.39 bits per heavy atom. The lowest BCUT2D eigenvalue weighted by molar-refractivity contribution is 0.414. The summed E-state index contributed by atoms with van der Waals surface area (Å²) in [5.41, 5.74) is 5.74. The SMILES string of the molecule is COc1ccc(-n2[nH]c(-c3ccccc3)c(C(C)=NCCc3c[nH]c4ccc(OC)cc34)c2=O)cc1. The van der Waals surface area contributed by atoms with Crippen molar-refractivity contribution in [2.24, 2.45) is 4.99 Å². The Morgan fingerprint density at radius 1 is 0.944 bits per heavy atom. The van der Waals surface area contributed by atoms with Crippen LogP contribution in [-0.2, 0) is 6.42 Å². The van der Waals surface area contributed by atoms with Gasteiger partial charge in [-0.25, -0.2) is 4.68 Å². The van der Waals surface area contributed by atoms with E-state index in [2.05, 4.69) is 10.1 Å². The van der Waals surface area contributed by atoms with Crippen LogP contribution in [0.4, 0.5) is 0 Å². The first-order valence-corrected chi connectivity index (χ1v) is 11.8. The summed E-state index contributed by atoms with van der Waals surface area (Å²) in [5.74, 6) is 1.55. The van der Waals surface area contributed by atoms with E-state index in [0.29, 0.717) is 17.8 Å². The summed E-state index contributed by atoms with van der Waals surface area (Å²) in [7, 11) is 3.29. The summed E-state index contributed by atoms with van der Waals surface area (Å²) in [6.45, 7) is 2.45. The number of H-pyrrole nitrogens is 2. The first-order valence-electron chi connectivity index (χ1n) is 11.8. The standard InChI is InChI=1S/C29H28N4O3/c1-19(30-16-15-21-18-31-26-14-13-24(36-3)17-25(21)26)27-28(20-7-5-4-6-8-20)32-33(29(27)34)22-9-11-23(35-2)12-10-22/h4-14,17-18,31-32H,15-16H2,1-3H3. The molecule has 0 atom stereocenters. The van der Waals surface area contributed by atoms with E-state index in [4.69, 9.17) is 14.5 Å². The molecule has 0 aliphatic heterocycles. The van der Waals surface area contributed by atoms with Gasteiger partial charge in [0.1, 0.15) is 11.5 Å². The monoisotopic (exact) mass is 480 g/mol. The number of ether oxygens (including phenoxy) is 2. The first-order chi connectivity index (χ1) is 17.6. The van der Waals surface area contributed by atoms with E-state index in [-0.39, 0.29) is 5.56 Å². The topological polar surface area (TPSA) is 84.4 Å². The maximum absolute atomic E-state index is 13.6. The van der Waals surface area contributed by atoms with Gasteiger partial charge in [0.15, 0.2) is 0 Å². The third kappa shape index (κ3) is 4.43. The van der Waals surface area contributed by atoms with E-state index in [1.807, 2.05) is 85.9 Å². The summed E-state index contributed by atoms with van der Waals surface area (Å²) in [4.78, 5) is 21.7. The molecule has 0 unspecified atom stereocenters. The van der Waals surface area contributed by atoms with Crippen molar-refractivity contribution < 1.29 is 9.47 Å². The molecule has 7 nitrogen and oxygen atoms in total. The lowest BCUT2D eigenvalue weighted by Gasteiger charge is -2.04. The lowest BCUT2D eigenvalue weighted by Crippen LogP contribution is -2.19. The number of rotatable bonds is 8. The minimum absolute atomic E-state index is 0.142. The Bertz CT molecular complexity index is 1570. The van der Waals surface area contributed by atoms with Gasteiger partial charge in [0.2, 0.25) is 0 Å². The van der Waals surface area contributed by atoms with E-state index in [1.165, 1.54) is 0 Å². The molecule has 0 saturated heterocycles. The van der Waals surface area contributed by atoms with E-state index in [1.54, 1.807) is 18.9 Å². The number of nitrogens with one attached hydrogen (secondary N) is 2. The van der Waals surface area contributed by atoms with E-state index < -0.39 is 0 Å².